The van der Waals surface area contributed by atoms with Gasteiger partial charge < -0.3 is 10.1 Å². The van der Waals surface area contributed by atoms with Crippen LogP contribution in [0.4, 0.5) is 0 Å². The van der Waals surface area contributed by atoms with E-state index in [9.17, 15) is 0 Å². The number of benzene rings is 1. The van der Waals surface area contributed by atoms with Crippen molar-refractivity contribution in [2.75, 3.05) is 39.4 Å². The smallest absolute Gasteiger partial charge is 0.187 e. The Balaban J connectivity index is 1.69. The molecule has 1 heterocycles. The third kappa shape index (κ3) is 5.88. The van der Waals surface area contributed by atoms with E-state index in [1.165, 1.54) is 0 Å². The van der Waals surface area contributed by atoms with Gasteiger partial charge in [0.1, 0.15) is 0 Å². The van der Waals surface area contributed by atoms with Gasteiger partial charge in [-0.1, -0.05) is 23.7 Å². The minimum atomic E-state index is 0.529. The number of thiocarbonyl (C=S) groups is 1. The number of rotatable bonds is 5. The molecule has 2 rings (SSSR count). The number of ether oxygens (including phenoxy) is 1. The zero-order valence-corrected chi connectivity index (χ0v) is 14.2. The Morgan fingerprint density at radius 1 is 1.32 bits per heavy atom. The fourth-order valence-electron chi connectivity index (χ4n) is 2.08. The minimum absolute atomic E-state index is 0.529. The SMILES string of the molecule is C/C(=N/NC(=S)NCCN1CCOCC1)c1ccc(Cl)cc1. The van der Waals surface area contributed by atoms with Crippen LogP contribution in [0.15, 0.2) is 29.4 Å². The van der Waals surface area contributed by atoms with Crippen molar-refractivity contribution in [3.63, 3.8) is 0 Å². The first-order chi connectivity index (χ1) is 10.6. The molecule has 0 radical (unpaired) electrons. The zero-order chi connectivity index (χ0) is 15.8. The molecule has 1 aliphatic rings. The summed E-state index contributed by atoms with van der Waals surface area (Å²) in [6.45, 7) is 7.25. The lowest BCUT2D eigenvalue weighted by Gasteiger charge is -2.26. The number of nitrogens with one attached hydrogen (secondary N) is 2. The normalized spacial score (nSPS) is 16.4. The van der Waals surface area contributed by atoms with E-state index in [0.717, 1.165) is 50.7 Å². The maximum atomic E-state index is 5.87. The lowest BCUT2D eigenvalue weighted by atomic mass is 10.1. The Labute approximate surface area is 141 Å². The van der Waals surface area contributed by atoms with Crippen LogP contribution in [0.25, 0.3) is 0 Å². The lowest BCUT2D eigenvalue weighted by Crippen LogP contribution is -2.42. The molecule has 0 aromatic heterocycles. The predicted molar refractivity (Wildman–Crippen MR) is 94.7 cm³/mol. The van der Waals surface area contributed by atoms with Crippen LogP contribution >= 0.6 is 23.8 Å². The monoisotopic (exact) mass is 340 g/mol. The van der Waals surface area contributed by atoms with Crippen LogP contribution in [0.1, 0.15) is 12.5 Å². The fourth-order valence-corrected chi connectivity index (χ4v) is 2.36. The first-order valence-electron chi connectivity index (χ1n) is 7.29. The van der Waals surface area contributed by atoms with Crippen LogP contribution in [0.2, 0.25) is 5.02 Å². The molecular formula is C15H21ClN4OS. The van der Waals surface area contributed by atoms with Crippen molar-refractivity contribution >= 4 is 34.6 Å². The van der Waals surface area contributed by atoms with Crippen molar-refractivity contribution in [3.8, 4) is 0 Å². The van der Waals surface area contributed by atoms with E-state index >= 15 is 0 Å². The average Bonchev–Trinajstić information content (AvgIpc) is 2.54. The van der Waals surface area contributed by atoms with E-state index in [2.05, 4.69) is 20.7 Å². The number of morpholine rings is 1. The van der Waals surface area contributed by atoms with E-state index < -0.39 is 0 Å². The summed E-state index contributed by atoms with van der Waals surface area (Å²) in [4.78, 5) is 2.35. The standard InChI is InChI=1S/C15H21ClN4OS/c1-12(13-2-4-14(16)5-3-13)18-19-15(22)17-6-7-20-8-10-21-11-9-20/h2-5H,6-11H2,1H3,(H2,17,19,22)/b18-12-. The molecule has 1 aromatic rings. The third-order valence-electron chi connectivity index (χ3n) is 3.40. The molecule has 1 aliphatic heterocycles. The first kappa shape index (κ1) is 17.1. The van der Waals surface area contributed by atoms with Crippen LogP contribution in [-0.4, -0.2) is 55.1 Å². The summed E-state index contributed by atoms with van der Waals surface area (Å²) >= 11 is 11.1. The number of nitrogens with zero attached hydrogens (tertiary/aromatic N) is 2. The molecule has 22 heavy (non-hydrogen) atoms. The van der Waals surface area contributed by atoms with Gasteiger partial charge in [0.25, 0.3) is 0 Å². The Kier molecular flexibility index (Phi) is 7.05. The molecular weight excluding hydrogens is 320 g/mol. The largest absolute Gasteiger partial charge is 0.379 e. The quantitative estimate of drug-likeness (QED) is 0.487. The summed E-state index contributed by atoms with van der Waals surface area (Å²) in [6, 6.07) is 7.54. The van der Waals surface area contributed by atoms with Crippen LogP contribution in [-0.2, 0) is 4.74 Å². The average molecular weight is 341 g/mol. The van der Waals surface area contributed by atoms with Crippen molar-refractivity contribution in [2.45, 2.75) is 6.92 Å². The molecule has 0 spiro atoms. The maximum absolute atomic E-state index is 5.87. The summed E-state index contributed by atoms with van der Waals surface area (Å²) in [5, 5.41) is 8.67. The second-order valence-corrected chi connectivity index (χ2v) is 5.87. The topological polar surface area (TPSA) is 48.9 Å². The second kappa shape index (κ2) is 9.05. The molecule has 1 aromatic carbocycles. The van der Waals surface area contributed by atoms with Crippen LogP contribution in [0.3, 0.4) is 0 Å². The van der Waals surface area contributed by atoms with E-state index in [1.54, 1.807) is 0 Å². The molecule has 0 atom stereocenters. The number of hydrazone groups is 1. The molecule has 0 saturated carbocycles. The van der Waals surface area contributed by atoms with Gasteiger partial charge in [-0.25, -0.2) is 0 Å². The van der Waals surface area contributed by atoms with Crippen LogP contribution in [0.5, 0.6) is 0 Å². The number of hydrogen-bond acceptors (Lipinski definition) is 4. The molecule has 0 aliphatic carbocycles. The number of hydrogen-bond donors (Lipinski definition) is 2. The molecule has 0 unspecified atom stereocenters. The van der Waals surface area contributed by atoms with Gasteiger partial charge in [0.15, 0.2) is 5.11 Å². The summed E-state index contributed by atoms with van der Waals surface area (Å²) < 4.78 is 5.32. The first-order valence-corrected chi connectivity index (χ1v) is 8.08. The van der Waals surface area contributed by atoms with E-state index in [-0.39, 0.29) is 0 Å². The predicted octanol–water partition coefficient (Wildman–Crippen LogP) is 1.86. The van der Waals surface area contributed by atoms with E-state index in [1.807, 2.05) is 31.2 Å². The highest BCUT2D eigenvalue weighted by molar-refractivity contribution is 7.80. The summed E-state index contributed by atoms with van der Waals surface area (Å²) in [5.74, 6) is 0. The van der Waals surface area contributed by atoms with Crippen molar-refractivity contribution < 1.29 is 4.74 Å². The van der Waals surface area contributed by atoms with Gasteiger partial charge in [-0.05, 0) is 36.8 Å². The fraction of sp³-hybridized carbons (Fsp3) is 0.467. The van der Waals surface area contributed by atoms with Crippen LogP contribution in [0, 0.1) is 0 Å². The van der Waals surface area contributed by atoms with Crippen molar-refractivity contribution in [1.29, 1.82) is 0 Å². The Hall–Kier alpha value is -1.21. The summed E-state index contributed by atoms with van der Waals surface area (Å²) in [5.41, 5.74) is 4.73. The Morgan fingerprint density at radius 2 is 2.00 bits per heavy atom. The van der Waals surface area contributed by atoms with Gasteiger partial charge in [0.2, 0.25) is 0 Å². The molecule has 5 nitrogen and oxygen atoms in total. The zero-order valence-electron chi connectivity index (χ0n) is 12.6. The molecule has 1 fully saturated rings. The van der Waals surface area contributed by atoms with Gasteiger partial charge in [-0.2, -0.15) is 5.10 Å². The molecule has 0 bridgehead atoms. The van der Waals surface area contributed by atoms with Gasteiger partial charge in [0.05, 0.1) is 18.9 Å². The second-order valence-electron chi connectivity index (χ2n) is 5.03. The summed E-state index contributed by atoms with van der Waals surface area (Å²) in [6.07, 6.45) is 0. The molecule has 1 saturated heterocycles. The van der Waals surface area contributed by atoms with Gasteiger partial charge in [-0.15, -0.1) is 0 Å². The van der Waals surface area contributed by atoms with Gasteiger partial charge >= 0.3 is 0 Å². The highest BCUT2D eigenvalue weighted by atomic mass is 35.5. The maximum Gasteiger partial charge on any atom is 0.187 e. The van der Waals surface area contributed by atoms with Crippen molar-refractivity contribution in [2.24, 2.45) is 5.10 Å². The van der Waals surface area contributed by atoms with E-state index in [0.29, 0.717) is 10.1 Å². The van der Waals surface area contributed by atoms with Gasteiger partial charge in [-0.3, -0.25) is 10.3 Å². The number of halogens is 1. The van der Waals surface area contributed by atoms with Crippen molar-refractivity contribution in [1.82, 2.24) is 15.6 Å². The highest BCUT2D eigenvalue weighted by Crippen LogP contribution is 2.09. The minimum Gasteiger partial charge on any atom is -0.379 e. The molecule has 2 N–H and O–H groups in total. The van der Waals surface area contributed by atoms with Gasteiger partial charge in [0, 0.05) is 31.2 Å². The molecule has 7 heteroatoms. The van der Waals surface area contributed by atoms with E-state index in [4.69, 9.17) is 28.6 Å². The van der Waals surface area contributed by atoms with Crippen LogP contribution < -0.4 is 10.7 Å². The third-order valence-corrected chi connectivity index (χ3v) is 3.89. The van der Waals surface area contributed by atoms with Crippen molar-refractivity contribution in [3.05, 3.63) is 34.9 Å². The highest BCUT2D eigenvalue weighted by Gasteiger charge is 2.09. The molecule has 0 amide bonds. The Bertz CT molecular complexity index is 515. The Morgan fingerprint density at radius 3 is 2.68 bits per heavy atom. The summed E-state index contributed by atoms with van der Waals surface area (Å²) in [7, 11) is 0. The molecule has 120 valence electrons. The lowest BCUT2D eigenvalue weighted by molar-refractivity contribution is 0.0389.